The predicted molar refractivity (Wildman–Crippen MR) is 79.7 cm³/mol. The van der Waals surface area contributed by atoms with E-state index in [0.717, 1.165) is 0 Å². The van der Waals surface area contributed by atoms with Gasteiger partial charge in [0.1, 0.15) is 5.69 Å². The molecule has 0 atom stereocenters. The fourth-order valence-electron chi connectivity index (χ4n) is 2.02. The van der Waals surface area contributed by atoms with Gasteiger partial charge in [-0.25, -0.2) is 4.68 Å². The standard InChI is InChI=1S/C13H16N6O3/c1-9-11(19(21)22)12(18(2)17-9)15-6-7-16-13(20)10-4-3-5-14-8-10/h3-5,8,15H,6-7H2,1-2H3,(H,16,20). The summed E-state index contributed by atoms with van der Waals surface area (Å²) in [5.74, 6) is 0.0729. The Bertz CT molecular complexity index is 683. The van der Waals surface area contributed by atoms with Gasteiger partial charge in [-0.2, -0.15) is 5.10 Å². The second-order valence-corrected chi connectivity index (χ2v) is 4.59. The molecule has 0 bridgehead atoms. The van der Waals surface area contributed by atoms with Crippen molar-refractivity contribution in [1.82, 2.24) is 20.1 Å². The highest BCUT2D eigenvalue weighted by molar-refractivity contribution is 5.93. The van der Waals surface area contributed by atoms with Gasteiger partial charge < -0.3 is 10.6 Å². The monoisotopic (exact) mass is 304 g/mol. The number of anilines is 1. The van der Waals surface area contributed by atoms with E-state index in [9.17, 15) is 14.9 Å². The first-order valence-electron chi connectivity index (χ1n) is 6.60. The molecule has 0 spiro atoms. The summed E-state index contributed by atoms with van der Waals surface area (Å²) in [5, 5.41) is 20.7. The lowest BCUT2D eigenvalue weighted by Gasteiger charge is -2.07. The van der Waals surface area contributed by atoms with Crippen molar-refractivity contribution in [3.8, 4) is 0 Å². The molecule has 0 unspecified atom stereocenters. The number of nitrogens with zero attached hydrogens (tertiary/aromatic N) is 4. The van der Waals surface area contributed by atoms with Crippen LogP contribution in [0.25, 0.3) is 0 Å². The molecule has 0 aromatic carbocycles. The van der Waals surface area contributed by atoms with E-state index in [1.54, 1.807) is 32.3 Å². The first kappa shape index (κ1) is 15.4. The molecule has 2 rings (SSSR count). The third kappa shape index (κ3) is 3.37. The Morgan fingerprint density at radius 3 is 2.86 bits per heavy atom. The normalized spacial score (nSPS) is 10.3. The molecule has 9 nitrogen and oxygen atoms in total. The van der Waals surface area contributed by atoms with Gasteiger partial charge in [0.2, 0.25) is 5.82 Å². The number of aryl methyl sites for hydroxylation is 2. The first-order chi connectivity index (χ1) is 10.5. The van der Waals surface area contributed by atoms with Crippen molar-refractivity contribution in [2.24, 2.45) is 7.05 Å². The minimum atomic E-state index is -0.473. The summed E-state index contributed by atoms with van der Waals surface area (Å²) < 4.78 is 1.41. The molecule has 2 N–H and O–H groups in total. The summed E-state index contributed by atoms with van der Waals surface area (Å²) in [4.78, 5) is 26.2. The van der Waals surface area contributed by atoms with Gasteiger partial charge in [0, 0.05) is 32.5 Å². The first-order valence-corrected chi connectivity index (χ1v) is 6.60. The fourth-order valence-corrected chi connectivity index (χ4v) is 2.02. The largest absolute Gasteiger partial charge is 0.363 e. The maximum absolute atomic E-state index is 11.8. The summed E-state index contributed by atoms with van der Waals surface area (Å²) in [6.45, 7) is 2.23. The second kappa shape index (κ2) is 6.66. The fraction of sp³-hybridized carbons (Fsp3) is 0.308. The van der Waals surface area contributed by atoms with Crippen molar-refractivity contribution >= 4 is 17.4 Å². The van der Waals surface area contributed by atoms with Crippen LogP contribution >= 0.6 is 0 Å². The minimum absolute atomic E-state index is 0.0546. The number of carbonyl (C=O) groups excluding carboxylic acids is 1. The van der Waals surface area contributed by atoms with Crippen LogP contribution in [0.3, 0.4) is 0 Å². The third-order valence-corrected chi connectivity index (χ3v) is 3.00. The molecule has 1 amide bonds. The molecule has 116 valence electrons. The number of hydrogen-bond acceptors (Lipinski definition) is 6. The molecule has 0 saturated carbocycles. The highest BCUT2D eigenvalue weighted by Gasteiger charge is 2.23. The lowest BCUT2D eigenvalue weighted by molar-refractivity contribution is -0.384. The molecule has 0 aliphatic rings. The van der Waals surface area contributed by atoms with E-state index < -0.39 is 4.92 Å². The van der Waals surface area contributed by atoms with Crippen LogP contribution in [0.2, 0.25) is 0 Å². The van der Waals surface area contributed by atoms with Crippen molar-refractivity contribution in [2.75, 3.05) is 18.4 Å². The summed E-state index contributed by atoms with van der Waals surface area (Å²) >= 11 is 0. The number of pyridine rings is 1. The Kier molecular flexibility index (Phi) is 4.66. The van der Waals surface area contributed by atoms with E-state index in [1.165, 1.54) is 10.9 Å². The Morgan fingerprint density at radius 2 is 2.23 bits per heavy atom. The molecule has 0 radical (unpaired) electrons. The van der Waals surface area contributed by atoms with E-state index in [-0.39, 0.29) is 11.6 Å². The maximum Gasteiger partial charge on any atom is 0.333 e. The van der Waals surface area contributed by atoms with Crippen LogP contribution in [-0.4, -0.2) is 38.7 Å². The van der Waals surface area contributed by atoms with Crippen LogP contribution < -0.4 is 10.6 Å². The quantitative estimate of drug-likeness (QED) is 0.465. The van der Waals surface area contributed by atoms with Crippen LogP contribution in [0.4, 0.5) is 11.5 Å². The van der Waals surface area contributed by atoms with Gasteiger partial charge in [0.15, 0.2) is 0 Å². The van der Waals surface area contributed by atoms with Gasteiger partial charge in [-0.3, -0.25) is 19.9 Å². The molecule has 0 aliphatic heterocycles. The molecule has 22 heavy (non-hydrogen) atoms. The molecular weight excluding hydrogens is 288 g/mol. The van der Waals surface area contributed by atoms with Crippen molar-refractivity contribution in [1.29, 1.82) is 0 Å². The van der Waals surface area contributed by atoms with Gasteiger partial charge in [0.05, 0.1) is 10.5 Å². The van der Waals surface area contributed by atoms with Crippen LogP contribution in [0.1, 0.15) is 16.1 Å². The lowest BCUT2D eigenvalue weighted by Crippen LogP contribution is -2.29. The van der Waals surface area contributed by atoms with Crippen molar-refractivity contribution < 1.29 is 9.72 Å². The van der Waals surface area contributed by atoms with Gasteiger partial charge in [-0.1, -0.05) is 0 Å². The van der Waals surface area contributed by atoms with Crippen molar-refractivity contribution in [2.45, 2.75) is 6.92 Å². The van der Waals surface area contributed by atoms with Crippen LogP contribution in [0.5, 0.6) is 0 Å². The number of nitrogens with one attached hydrogen (secondary N) is 2. The van der Waals surface area contributed by atoms with E-state index in [2.05, 4.69) is 20.7 Å². The zero-order valence-corrected chi connectivity index (χ0v) is 12.2. The number of hydrogen-bond donors (Lipinski definition) is 2. The lowest BCUT2D eigenvalue weighted by atomic mass is 10.3. The Labute approximate surface area is 126 Å². The highest BCUT2D eigenvalue weighted by atomic mass is 16.6. The Hall–Kier alpha value is -2.97. The second-order valence-electron chi connectivity index (χ2n) is 4.59. The molecule has 9 heteroatoms. The van der Waals surface area contributed by atoms with E-state index in [1.807, 2.05) is 0 Å². The smallest absolute Gasteiger partial charge is 0.333 e. The molecule has 2 aromatic heterocycles. The summed E-state index contributed by atoms with van der Waals surface area (Å²) in [6, 6.07) is 3.33. The Morgan fingerprint density at radius 1 is 1.45 bits per heavy atom. The van der Waals surface area contributed by atoms with Gasteiger partial charge in [-0.05, 0) is 19.1 Å². The molecule has 0 saturated heterocycles. The molecule has 0 aliphatic carbocycles. The third-order valence-electron chi connectivity index (χ3n) is 3.00. The topological polar surface area (TPSA) is 115 Å². The summed E-state index contributed by atoms with van der Waals surface area (Å²) in [7, 11) is 1.62. The molecular formula is C13H16N6O3. The van der Waals surface area contributed by atoms with Gasteiger partial charge in [-0.15, -0.1) is 0 Å². The molecule has 2 heterocycles. The SMILES string of the molecule is Cc1nn(C)c(NCCNC(=O)c2cccnc2)c1[N+](=O)[O-]. The zero-order valence-electron chi connectivity index (χ0n) is 12.2. The number of carbonyl (C=O) groups is 1. The molecule has 2 aromatic rings. The van der Waals surface area contributed by atoms with Gasteiger partial charge >= 0.3 is 5.69 Å². The van der Waals surface area contributed by atoms with Crippen LogP contribution in [0, 0.1) is 17.0 Å². The van der Waals surface area contributed by atoms with Crippen LogP contribution in [-0.2, 0) is 7.05 Å². The van der Waals surface area contributed by atoms with E-state index in [4.69, 9.17) is 0 Å². The van der Waals surface area contributed by atoms with Crippen molar-refractivity contribution in [3.05, 3.63) is 45.9 Å². The summed E-state index contributed by atoms with van der Waals surface area (Å²) in [5.41, 5.74) is 0.750. The number of rotatable bonds is 6. The van der Waals surface area contributed by atoms with Crippen LogP contribution in [0.15, 0.2) is 24.5 Å². The minimum Gasteiger partial charge on any atom is -0.363 e. The predicted octanol–water partition coefficient (Wildman–Crippen LogP) is 0.874. The number of aromatic nitrogens is 3. The Balaban J connectivity index is 1.90. The van der Waals surface area contributed by atoms with Gasteiger partial charge in [0.25, 0.3) is 5.91 Å². The zero-order chi connectivity index (χ0) is 16.1. The maximum atomic E-state index is 11.8. The van der Waals surface area contributed by atoms with E-state index in [0.29, 0.717) is 30.2 Å². The number of nitro groups is 1. The summed E-state index contributed by atoms with van der Waals surface area (Å²) in [6.07, 6.45) is 3.06. The highest BCUT2D eigenvalue weighted by Crippen LogP contribution is 2.26. The average Bonchev–Trinajstić information content (AvgIpc) is 2.78. The van der Waals surface area contributed by atoms with E-state index >= 15 is 0 Å². The number of amides is 1. The van der Waals surface area contributed by atoms with Crippen molar-refractivity contribution in [3.63, 3.8) is 0 Å². The molecule has 0 fully saturated rings. The average molecular weight is 304 g/mol.